The molecule has 1 heterocycles. The van der Waals surface area contributed by atoms with E-state index in [-0.39, 0.29) is 5.91 Å². The number of hydrogen-bond acceptors (Lipinski definition) is 4. The third kappa shape index (κ3) is 3.74. The molecule has 1 fully saturated rings. The van der Waals surface area contributed by atoms with E-state index in [4.69, 9.17) is 0 Å². The molecule has 1 amide bonds. The number of amides is 1. The molecule has 2 aliphatic rings. The maximum absolute atomic E-state index is 11.4. The molecule has 84 valence electrons. The predicted octanol–water partition coefficient (Wildman–Crippen LogP) is 0.593. The molecule has 1 unspecified atom stereocenters. The number of carbonyl (C=O) groups is 1. The molecule has 1 aliphatic heterocycles. The van der Waals surface area contributed by atoms with E-state index in [1.54, 1.807) is 11.8 Å². The van der Waals surface area contributed by atoms with Crippen molar-refractivity contribution >= 4 is 22.8 Å². The molecule has 15 heavy (non-hydrogen) atoms. The van der Waals surface area contributed by atoms with Gasteiger partial charge in [0, 0.05) is 18.3 Å². The average Bonchev–Trinajstić information content (AvgIpc) is 3.01. The predicted molar refractivity (Wildman–Crippen MR) is 63.1 cm³/mol. The van der Waals surface area contributed by atoms with Gasteiger partial charge in [0.15, 0.2) is 5.17 Å². The zero-order chi connectivity index (χ0) is 10.7. The second kappa shape index (κ2) is 4.88. The van der Waals surface area contributed by atoms with Gasteiger partial charge in [0.25, 0.3) is 0 Å². The third-order valence-electron chi connectivity index (χ3n) is 2.39. The van der Waals surface area contributed by atoms with E-state index in [1.807, 2.05) is 0 Å². The van der Waals surface area contributed by atoms with Crippen LogP contribution >= 0.6 is 11.8 Å². The van der Waals surface area contributed by atoms with Crippen molar-refractivity contribution < 1.29 is 4.79 Å². The van der Waals surface area contributed by atoms with E-state index < -0.39 is 0 Å². The lowest BCUT2D eigenvalue weighted by Crippen LogP contribution is -2.38. The first-order chi connectivity index (χ1) is 7.24. The van der Waals surface area contributed by atoms with Crippen molar-refractivity contribution in [1.29, 1.82) is 0 Å². The number of nitrogens with zero attached hydrogens (tertiary/aromatic N) is 1. The summed E-state index contributed by atoms with van der Waals surface area (Å²) < 4.78 is 0. The summed E-state index contributed by atoms with van der Waals surface area (Å²) in [5.41, 5.74) is 0. The Bertz CT molecular complexity index is 276. The molecule has 2 N–H and O–H groups in total. The molecular formula is C10H17N3OS. The largest absolute Gasteiger partial charge is 0.356 e. The zero-order valence-electron chi connectivity index (χ0n) is 8.95. The van der Waals surface area contributed by atoms with Gasteiger partial charge in [-0.3, -0.25) is 9.79 Å². The van der Waals surface area contributed by atoms with Crippen molar-refractivity contribution in [1.82, 2.24) is 10.6 Å². The maximum atomic E-state index is 11.4. The van der Waals surface area contributed by atoms with Gasteiger partial charge < -0.3 is 10.6 Å². The van der Waals surface area contributed by atoms with Crippen LogP contribution < -0.4 is 10.6 Å². The van der Waals surface area contributed by atoms with Crippen LogP contribution in [-0.2, 0) is 4.79 Å². The van der Waals surface area contributed by atoms with Gasteiger partial charge >= 0.3 is 0 Å². The van der Waals surface area contributed by atoms with E-state index in [1.165, 1.54) is 0 Å². The van der Waals surface area contributed by atoms with Gasteiger partial charge in [-0.25, -0.2) is 0 Å². The van der Waals surface area contributed by atoms with Gasteiger partial charge in [-0.05, 0) is 18.8 Å². The smallest absolute Gasteiger partial charge is 0.239 e. The SMILES string of the molecule is CC1CN=C(NCC(=O)NC2CC2)SC1. The molecule has 0 aromatic rings. The van der Waals surface area contributed by atoms with Crippen molar-refractivity contribution in [3.63, 3.8) is 0 Å². The monoisotopic (exact) mass is 227 g/mol. The molecule has 0 bridgehead atoms. The molecule has 0 spiro atoms. The fourth-order valence-electron chi connectivity index (χ4n) is 1.33. The lowest BCUT2D eigenvalue weighted by molar-refractivity contribution is -0.120. The highest BCUT2D eigenvalue weighted by atomic mass is 32.2. The number of hydrogen-bond donors (Lipinski definition) is 2. The van der Waals surface area contributed by atoms with E-state index in [2.05, 4.69) is 22.5 Å². The lowest BCUT2D eigenvalue weighted by Gasteiger charge is -2.17. The van der Waals surface area contributed by atoms with Gasteiger partial charge in [0.05, 0.1) is 6.54 Å². The number of thioether (sulfide) groups is 1. The minimum Gasteiger partial charge on any atom is -0.356 e. The molecule has 0 saturated heterocycles. The highest BCUT2D eigenvalue weighted by Crippen LogP contribution is 2.18. The summed E-state index contributed by atoms with van der Waals surface area (Å²) in [5, 5.41) is 6.93. The molecule has 1 saturated carbocycles. The minimum absolute atomic E-state index is 0.0828. The first kappa shape index (κ1) is 10.8. The van der Waals surface area contributed by atoms with Crippen LogP contribution in [0.4, 0.5) is 0 Å². The number of nitrogens with one attached hydrogen (secondary N) is 2. The number of carbonyl (C=O) groups excluding carboxylic acids is 1. The first-order valence-corrected chi connectivity index (χ1v) is 6.43. The van der Waals surface area contributed by atoms with Crippen LogP contribution in [0.3, 0.4) is 0 Å². The topological polar surface area (TPSA) is 53.5 Å². The van der Waals surface area contributed by atoms with Crippen LogP contribution in [0.2, 0.25) is 0 Å². The van der Waals surface area contributed by atoms with Gasteiger partial charge in [0.2, 0.25) is 5.91 Å². The summed E-state index contributed by atoms with van der Waals surface area (Å²) in [6.45, 7) is 3.42. The molecule has 4 nitrogen and oxygen atoms in total. The summed E-state index contributed by atoms with van der Waals surface area (Å²) in [6.07, 6.45) is 2.28. The van der Waals surface area contributed by atoms with Crippen molar-refractivity contribution in [2.45, 2.75) is 25.8 Å². The number of aliphatic imine (C=N–C) groups is 1. The average molecular weight is 227 g/mol. The van der Waals surface area contributed by atoms with Gasteiger partial charge in [-0.1, -0.05) is 18.7 Å². The molecule has 1 atom stereocenters. The quantitative estimate of drug-likeness (QED) is 0.742. The molecule has 2 rings (SSSR count). The first-order valence-electron chi connectivity index (χ1n) is 5.44. The molecule has 1 aliphatic carbocycles. The van der Waals surface area contributed by atoms with Crippen molar-refractivity contribution in [3.8, 4) is 0 Å². The second-order valence-corrected chi connectivity index (χ2v) is 5.27. The van der Waals surface area contributed by atoms with Crippen LogP contribution in [0.25, 0.3) is 0 Å². The van der Waals surface area contributed by atoms with Crippen LogP contribution in [0.1, 0.15) is 19.8 Å². The van der Waals surface area contributed by atoms with E-state index in [0.29, 0.717) is 18.5 Å². The highest BCUT2D eigenvalue weighted by Gasteiger charge is 2.23. The normalized spacial score (nSPS) is 25.7. The Morgan fingerprint density at radius 3 is 3.00 bits per heavy atom. The van der Waals surface area contributed by atoms with Gasteiger partial charge in [-0.2, -0.15) is 0 Å². The zero-order valence-corrected chi connectivity index (χ0v) is 9.77. The van der Waals surface area contributed by atoms with Crippen molar-refractivity contribution in [2.24, 2.45) is 10.9 Å². The summed E-state index contributed by atoms with van der Waals surface area (Å²) in [7, 11) is 0. The van der Waals surface area contributed by atoms with Crippen molar-refractivity contribution in [3.05, 3.63) is 0 Å². The Hall–Kier alpha value is -0.710. The number of amidine groups is 1. The van der Waals surface area contributed by atoms with E-state index in [0.717, 1.165) is 30.3 Å². The Morgan fingerprint density at radius 2 is 2.40 bits per heavy atom. The second-order valence-electron chi connectivity index (χ2n) is 4.26. The lowest BCUT2D eigenvalue weighted by atomic mass is 10.2. The maximum Gasteiger partial charge on any atom is 0.239 e. The fourth-order valence-corrected chi connectivity index (χ4v) is 2.22. The molecule has 0 radical (unpaired) electrons. The van der Waals surface area contributed by atoms with Gasteiger partial charge in [-0.15, -0.1) is 0 Å². The molecule has 5 heteroatoms. The number of rotatable bonds is 3. The van der Waals surface area contributed by atoms with Crippen LogP contribution in [0, 0.1) is 5.92 Å². The summed E-state index contributed by atoms with van der Waals surface area (Å²) in [6, 6.07) is 0.445. The Balaban J connectivity index is 1.66. The summed E-state index contributed by atoms with van der Waals surface area (Å²) >= 11 is 1.71. The fraction of sp³-hybridized carbons (Fsp3) is 0.800. The molecular weight excluding hydrogens is 210 g/mol. The third-order valence-corrected chi connectivity index (χ3v) is 3.68. The van der Waals surface area contributed by atoms with Crippen LogP contribution in [-0.4, -0.2) is 36.0 Å². The van der Waals surface area contributed by atoms with E-state index >= 15 is 0 Å². The standard InChI is InChI=1S/C10H17N3OS/c1-7-4-11-10(15-6-7)12-5-9(14)13-8-2-3-8/h7-8H,2-6H2,1H3,(H,11,12)(H,13,14). The van der Waals surface area contributed by atoms with Crippen LogP contribution in [0.15, 0.2) is 4.99 Å². The Kier molecular flexibility index (Phi) is 3.51. The minimum atomic E-state index is 0.0828. The van der Waals surface area contributed by atoms with E-state index in [9.17, 15) is 4.79 Å². The highest BCUT2D eigenvalue weighted by molar-refractivity contribution is 8.13. The summed E-state index contributed by atoms with van der Waals surface area (Å²) in [4.78, 5) is 15.7. The molecule has 0 aromatic heterocycles. The summed E-state index contributed by atoms with van der Waals surface area (Å²) in [5.74, 6) is 1.83. The van der Waals surface area contributed by atoms with Gasteiger partial charge in [0.1, 0.15) is 0 Å². The Morgan fingerprint density at radius 1 is 1.60 bits per heavy atom. The van der Waals surface area contributed by atoms with Crippen LogP contribution in [0.5, 0.6) is 0 Å². The molecule has 0 aromatic carbocycles. The Labute approximate surface area is 94.3 Å². The van der Waals surface area contributed by atoms with Crippen molar-refractivity contribution in [2.75, 3.05) is 18.8 Å².